The van der Waals surface area contributed by atoms with Crippen LogP contribution in [0.1, 0.15) is 43.0 Å². The SMILES string of the molecule is Cc1cc(C)c(NC(=CC2=NC(C(C)(C)C)CO2)c2ccccc2)c(C)c1. The van der Waals surface area contributed by atoms with Crippen molar-refractivity contribution in [3.05, 3.63) is 70.8 Å². The highest BCUT2D eigenvalue weighted by atomic mass is 16.5. The van der Waals surface area contributed by atoms with Gasteiger partial charge in [-0.3, -0.25) is 0 Å². The van der Waals surface area contributed by atoms with E-state index >= 15 is 0 Å². The fourth-order valence-corrected chi connectivity index (χ4v) is 3.36. The van der Waals surface area contributed by atoms with Gasteiger partial charge in [0.2, 0.25) is 5.90 Å². The van der Waals surface area contributed by atoms with E-state index in [0.29, 0.717) is 12.5 Å². The van der Waals surface area contributed by atoms with Crippen LogP contribution in [0.15, 0.2) is 53.5 Å². The maximum absolute atomic E-state index is 5.89. The average molecular weight is 363 g/mol. The van der Waals surface area contributed by atoms with E-state index in [0.717, 1.165) is 16.9 Å². The Labute approximate surface area is 163 Å². The van der Waals surface area contributed by atoms with Gasteiger partial charge in [0.15, 0.2) is 0 Å². The molecule has 0 saturated heterocycles. The molecule has 1 atom stereocenters. The summed E-state index contributed by atoms with van der Waals surface area (Å²) in [5, 5.41) is 3.64. The Kier molecular flexibility index (Phi) is 5.41. The Bertz CT molecular complexity index is 850. The Morgan fingerprint density at radius 3 is 2.26 bits per heavy atom. The molecule has 0 fully saturated rings. The lowest BCUT2D eigenvalue weighted by Crippen LogP contribution is -2.25. The molecule has 0 amide bonds. The number of anilines is 1. The molecule has 2 aromatic rings. The quantitative estimate of drug-likeness (QED) is 0.734. The molecule has 0 aromatic heterocycles. The molecule has 3 heteroatoms. The standard InChI is InChI=1S/C24H30N2O/c1-16-12-17(2)23(18(3)13-16)25-20(19-10-8-7-9-11-19)14-22-26-21(15-27-22)24(4,5)6/h7-14,21,25H,15H2,1-6H3. The van der Waals surface area contributed by atoms with Crippen molar-refractivity contribution < 1.29 is 4.74 Å². The lowest BCUT2D eigenvalue weighted by molar-refractivity contribution is 0.236. The minimum Gasteiger partial charge on any atom is -0.476 e. The third-order valence-corrected chi connectivity index (χ3v) is 4.96. The number of nitrogens with zero attached hydrogens (tertiary/aromatic N) is 1. The summed E-state index contributed by atoms with van der Waals surface area (Å²) in [5.41, 5.74) is 7.09. The van der Waals surface area contributed by atoms with Crippen molar-refractivity contribution >= 4 is 17.3 Å². The lowest BCUT2D eigenvalue weighted by Gasteiger charge is -2.21. The number of aliphatic imine (C=N–C) groups is 1. The van der Waals surface area contributed by atoms with Crippen molar-refractivity contribution in [3.63, 3.8) is 0 Å². The van der Waals surface area contributed by atoms with Gasteiger partial charge in [-0.05, 0) is 42.9 Å². The van der Waals surface area contributed by atoms with Gasteiger partial charge >= 0.3 is 0 Å². The van der Waals surface area contributed by atoms with Gasteiger partial charge < -0.3 is 10.1 Å². The smallest absolute Gasteiger partial charge is 0.211 e. The van der Waals surface area contributed by atoms with E-state index in [1.807, 2.05) is 12.1 Å². The van der Waals surface area contributed by atoms with Gasteiger partial charge in [0.1, 0.15) is 6.61 Å². The molecule has 1 unspecified atom stereocenters. The third-order valence-electron chi connectivity index (χ3n) is 4.96. The van der Waals surface area contributed by atoms with E-state index in [4.69, 9.17) is 9.73 Å². The van der Waals surface area contributed by atoms with Crippen molar-refractivity contribution in [2.24, 2.45) is 10.4 Å². The van der Waals surface area contributed by atoms with E-state index in [2.05, 4.69) is 83.3 Å². The first kappa shape index (κ1) is 19.2. The Morgan fingerprint density at radius 2 is 1.70 bits per heavy atom. The second-order valence-electron chi connectivity index (χ2n) is 8.48. The van der Waals surface area contributed by atoms with Crippen LogP contribution in [0.5, 0.6) is 0 Å². The molecule has 0 bridgehead atoms. The van der Waals surface area contributed by atoms with E-state index in [9.17, 15) is 0 Å². The molecule has 1 heterocycles. The van der Waals surface area contributed by atoms with Gasteiger partial charge in [0, 0.05) is 11.8 Å². The zero-order valence-electron chi connectivity index (χ0n) is 17.3. The van der Waals surface area contributed by atoms with Gasteiger partial charge in [0.05, 0.1) is 11.7 Å². The predicted molar refractivity (Wildman–Crippen MR) is 115 cm³/mol. The number of benzene rings is 2. The first-order chi connectivity index (χ1) is 12.7. The second kappa shape index (κ2) is 7.59. The Hall–Kier alpha value is -2.55. The van der Waals surface area contributed by atoms with Crippen LogP contribution in [-0.2, 0) is 4.74 Å². The highest BCUT2D eigenvalue weighted by Gasteiger charge is 2.29. The summed E-state index contributed by atoms with van der Waals surface area (Å²) in [6.07, 6.45) is 2.03. The maximum Gasteiger partial charge on any atom is 0.211 e. The second-order valence-corrected chi connectivity index (χ2v) is 8.48. The largest absolute Gasteiger partial charge is 0.476 e. The molecule has 0 radical (unpaired) electrons. The normalized spacial score (nSPS) is 17.5. The summed E-state index contributed by atoms with van der Waals surface area (Å²) in [4.78, 5) is 4.80. The minimum atomic E-state index is 0.0973. The maximum atomic E-state index is 5.89. The van der Waals surface area contributed by atoms with E-state index < -0.39 is 0 Å². The molecular weight excluding hydrogens is 332 g/mol. The predicted octanol–water partition coefficient (Wildman–Crippen LogP) is 5.91. The van der Waals surface area contributed by atoms with Crippen molar-refractivity contribution in [2.45, 2.75) is 47.6 Å². The summed E-state index contributed by atoms with van der Waals surface area (Å²) in [5.74, 6) is 0.698. The summed E-state index contributed by atoms with van der Waals surface area (Å²) < 4.78 is 5.89. The molecular formula is C24H30N2O. The molecule has 0 spiro atoms. The average Bonchev–Trinajstić information content (AvgIpc) is 3.06. The van der Waals surface area contributed by atoms with Crippen LogP contribution in [0, 0.1) is 26.2 Å². The van der Waals surface area contributed by atoms with Gasteiger partial charge in [0.25, 0.3) is 0 Å². The van der Waals surface area contributed by atoms with Gasteiger partial charge in [-0.15, -0.1) is 0 Å². The van der Waals surface area contributed by atoms with Crippen LogP contribution in [0.25, 0.3) is 5.70 Å². The molecule has 3 rings (SSSR count). The summed E-state index contributed by atoms with van der Waals surface area (Å²) in [6.45, 7) is 13.7. The first-order valence-electron chi connectivity index (χ1n) is 9.56. The van der Waals surface area contributed by atoms with Crippen LogP contribution in [0.2, 0.25) is 0 Å². The molecule has 142 valence electrons. The van der Waals surface area contributed by atoms with Gasteiger partial charge in [-0.1, -0.05) is 68.8 Å². The molecule has 27 heavy (non-hydrogen) atoms. The fourth-order valence-electron chi connectivity index (χ4n) is 3.36. The first-order valence-corrected chi connectivity index (χ1v) is 9.56. The lowest BCUT2D eigenvalue weighted by atomic mass is 9.88. The summed E-state index contributed by atoms with van der Waals surface area (Å²) >= 11 is 0. The van der Waals surface area contributed by atoms with E-state index in [1.54, 1.807) is 0 Å². The highest BCUT2D eigenvalue weighted by Crippen LogP contribution is 2.29. The molecule has 1 aliphatic heterocycles. The topological polar surface area (TPSA) is 33.6 Å². The van der Waals surface area contributed by atoms with Crippen LogP contribution >= 0.6 is 0 Å². The number of ether oxygens (including phenoxy) is 1. The van der Waals surface area contributed by atoms with Crippen LogP contribution < -0.4 is 5.32 Å². The van der Waals surface area contributed by atoms with Crippen molar-refractivity contribution in [1.82, 2.24) is 0 Å². The summed E-state index contributed by atoms with van der Waals surface area (Å²) in [6, 6.07) is 14.9. The molecule has 0 saturated carbocycles. The Morgan fingerprint density at radius 1 is 1.07 bits per heavy atom. The molecule has 1 N–H and O–H groups in total. The number of rotatable bonds is 4. The fraction of sp³-hybridized carbons (Fsp3) is 0.375. The molecule has 1 aliphatic rings. The van der Waals surface area contributed by atoms with Gasteiger partial charge in [-0.25, -0.2) is 4.99 Å². The minimum absolute atomic E-state index is 0.0973. The van der Waals surface area contributed by atoms with Crippen LogP contribution in [0.4, 0.5) is 5.69 Å². The molecule has 3 nitrogen and oxygen atoms in total. The number of aryl methyl sites for hydroxylation is 3. The monoisotopic (exact) mass is 362 g/mol. The van der Waals surface area contributed by atoms with Crippen molar-refractivity contribution in [2.75, 3.05) is 11.9 Å². The number of hydrogen-bond acceptors (Lipinski definition) is 3. The summed E-state index contributed by atoms with van der Waals surface area (Å²) in [7, 11) is 0. The van der Waals surface area contributed by atoms with Crippen LogP contribution in [0.3, 0.4) is 0 Å². The van der Waals surface area contributed by atoms with Crippen LogP contribution in [-0.4, -0.2) is 18.5 Å². The zero-order chi connectivity index (χ0) is 19.6. The van der Waals surface area contributed by atoms with Crippen molar-refractivity contribution in [3.8, 4) is 0 Å². The number of nitrogens with one attached hydrogen (secondary N) is 1. The molecule has 2 aromatic carbocycles. The van der Waals surface area contributed by atoms with E-state index in [1.165, 1.54) is 16.7 Å². The number of hydrogen-bond donors (Lipinski definition) is 1. The zero-order valence-corrected chi connectivity index (χ0v) is 17.3. The van der Waals surface area contributed by atoms with Crippen molar-refractivity contribution in [1.29, 1.82) is 0 Å². The third kappa shape index (κ3) is 4.60. The molecule has 0 aliphatic carbocycles. The van der Waals surface area contributed by atoms with E-state index in [-0.39, 0.29) is 11.5 Å². The van der Waals surface area contributed by atoms with Gasteiger partial charge in [-0.2, -0.15) is 0 Å². The highest BCUT2D eigenvalue weighted by molar-refractivity contribution is 5.98. The Balaban J connectivity index is 1.99.